The van der Waals surface area contributed by atoms with Gasteiger partial charge < -0.3 is 9.88 Å². The molecule has 0 bridgehead atoms. The molecule has 0 saturated heterocycles. The second-order valence-corrected chi connectivity index (χ2v) is 5.26. The van der Waals surface area contributed by atoms with E-state index in [1.165, 1.54) is 24.2 Å². The zero-order valence-electron chi connectivity index (χ0n) is 11.7. The van der Waals surface area contributed by atoms with Crippen LogP contribution in [0.4, 0.5) is 5.69 Å². The normalized spacial score (nSPS) is 13.8. The van der Waals surface area contributed by atoms with E-state index in [-0.39, 0.29) is 5.91 Å². The minimum atomic E-state index is 0.00470. The van der Waals surface area contributed by atoms with Crippen LogP contribution < -0.4 is 5.32 Å². The lowest BCUT2D eigenvalue weighted by Crippen LogP contribution is -2.21. The Morgan fingerprint density at radius 3 is 2.80 bits per heavy atom. The number of fused-ring (bicyclic) bond motifs is 1. The maximum Gasteiger partial charge on any atom is 0.244 e. The summed E-state index contributed by atoms with van der Waals surface area (Å²) in [4.78, 5) is 16.8. The first-order valence-electron chi connectivity index (χ1n) is 7.14. The number of hydrogen-bond donors (Lipinski definition) is 1. The molecule has 1 amide bonds. The molecule has 1 heterocycles. The number of carbonyl (C=O) groups excluding carboxylic acids is 1. The summed E-state index contributed by atoms with van der Waals surface area (Å²) in [5, 5.41) is 2.93. The second kappa shape index (κ2) is 5.49. The van der Waals surface area contributed by atoms with E-state index in [2.05, 4.69) is 14.9 Å². The van der Waals surface area contributed by atoms with Crippen molar-refractivity contribution in [2.24, 2.45) is 0 Å². The lowest BCUT2D eigenvalue weighted by molar-refractivity contribution is -0.116. The summed E-state index contributed by atoms with van der Waals surface area (Å²) in [7, 11) is 0. The number of imidazole rings is 1. The summed E-state index contributed by atoms with van der Waals surface area (Å²) in [5.41, 5.74) is 3.27. The van der Waals surface area contributed by atoms with Crippen LogP contribution in [-0.4, -0.2) is 15.5 Å². The van der Waals surface area contributed by atoms with Crippen LogP contribution >= 0.6 is 0 Å². The fourth-order valence-corrected chi connectivity index (χ4v) is 2.81. The Morgan fingerprint density at radius 1 is 1.25 bits per heavy atom. The molecule has 0 atom stereocenters. The molecule has 1 aromatic heterocycles. The van der Waals surface area contributed by atoms with Crippen molar-refractivity contribution in [1.82, 2.24) is 9.55 Å². The summed E-state index contributed by atoms with van der Waals surface area (Å²) < 4.78 is 2.06. The maximum absolute atomic E-state index is 12.2. The summed E-state index contributed by atoms with van der Waals surface area (Å²) in [6, 6.07) is 9.56. The lowest BCUT2D eigenvalue weighted by Gasteiger charge is -2.14. The van der Waals surface area contributed by atoms with E-state index in [0.29, 0.717) is 6.54 Å². The molecule has 0 saturated carbocycles. The zero-order chi connectivity index (χ0) is 13.9. The molecule has 0 fully saturated rings. The quantitative estimate of drug-likeness (QED) is 0.931. The van der Waals surface area contributed by atoms with Gasteiger partial charge in [0.25, 0.3) is 0 Å². The molecule has 20 heavy (non-hydrogen) atoms. The summed E-state index contributed by atoms with van der Waals surface area (Å²) in [5.74, 6) is 0.949. The lowest BCUT2D eigenvalue weighted by atomic mass is 10.0. The van der Waals surface area contributed by atoms with Gasteiger partial charge in [-0.05, 0) is 44.7 Å². The molecule has 1 aliphatic carbocycles. The number of para-hydroxylation sites is 1. The number of aromatic nitrogens is 2. The monoisotopic (exact) mass is 269 g/mol. The highest BCUT2D eigenvalue weighted by molar-refractivity contribution is 5.90. The van der Waals surface area contributed by atoms with E-state index in [0.717, 1.165) is 24.4 Å². The standard InChI is InChI=1S/C16H19N3O/c1-12-17-14-9-5-6-10-15(14)19(12)11-16(20)18-13-7-3-2-4-8-13/h2-4,7-8H,5-6,9-11H2,1H3,(H,18,20). The van der Waals surface area contributed by atoms with Crippen molar-refractivity contribution >= 4 is 11.6 Å². The van der Waals surface area contributed by atoms with E-state index >= 15 is 0 Å². The van der Waals surface area contributed by atoms with Gasteiger partial charge in [-0.3, -0.25) is 4.79 Å². The predicted molar refractivity (Wildman–Crippen MR) is 78.7 cm³/mol. The number of nitrogens with zero attached hydrogens (tertiary/aromatic N) is 2. The van der Waals surface area contributed by atoms with E-state index in [9.17, 15) is 4.79 Å². The van der Waals surface area contributed by atoms with Gasteiger partial charge >= 0.3 is 0 Å². The molecule has 0 aliphatic heterocycles. The fourth-order valence-electron chi connectivity index (χ4n) is 2.81. The van der Waals surface area contributed by atoms with Gasteiger partial charge in [0.2, 0.25) is 5.91 Å². The van der Waals surface area contributed by atoms with Crippen LogP contribution in [0.3, 0.4) is 0 Å². The van der Waals surface area contributed by atoms with Crippen molar-refractivity contribution in [1.29, 1.82) is 0 Å². The molecule has 3 rings (SSSR count). The van der Waals surface area contributed by atoms with Crippen LogP contribution in [0.25, 0.3) is 0 Å². The molecule has 1 aliphatic rings. The number of hydrogen-bond acceptors (Lipinski definition) is 2. The van der Waals surface area contributed by atoms with Gasteiger partial charge in [-0.15, -0.1) is 0 Å². The Bertz CT molecular complexity index is 616. The Hall–Kier alpha value is -2.10. The molecule has 104 valence electrons. The summed E-state index contributed by atoms with van der Waals surface area (Å²) in [6.07, 6.45) is 4.48. The first-order valence-corrected chi connectivity index (χ1v) is 7.14. The first-order chi connectivity index (χ1) is 9.74. The molecule has 0 unspecified atom stereocenters. The van der Waals surface area contributed by atoms with Gasteiger partial charge in [0, 0.05) is 11.4 Å². The van der Waals surface area contributed by atoms with E-state index in [1.807, 2.05) is 37.3 Å². The van der Waals surface area contributed by atoms with E-state index in [1.54, 1.807) is 0 Å². The van der Waals surface area contributed by atoms with Gasteiger partial charge in [-0.2, -0.15) is 0 Å². The molecular weight excluding hydrogens is 250 g/mol. The third kappa shape index (κ3) is 2.59. The van der Waals surface area contributed by atoms with Crippen LogP contribution in [0.15, 0.2) is 30.3 Å². The second-order valence-electron chi connectivity index (χ2n) is 5.26. The Labute approximate surface area is 118 Å². The Kier molecular flexibility index (Phi) is 3.54. The number of aryl methyl sites for hydroxylation is 2. The van der Waals surface area contributed by atoms with Crippen LogP contribution in [-0.2, 0) is 24.2 Å². The van der Waals surface area contributed by atoms with Gasteiger partial charge in [-0.25, -0.2) is 4.98 Å². The Balaban J connectivity index is 1.75. The number of nitrogens with one attached hydrogen (secondary N) is 1. The average molecular weight is 269 g/mol. The zero-order valence-corrected chi connectivity index (χ0v) is 11.7. The minimum Gasteiger partial charge on any atom is -0.325 e. The minimum absolute atomic E-state index is 0.00470. The molecule has 4 heteroatoms. The van der Waals surface area contributed by atoms with Crippen molar-refractivity contribution in [3.8, 4) is 0 Å². The van der Waals surface area contributed by atoms with Crippen LogP contribution in [0.2, 0.25) is 0 Å². The first kappa shape index (κ1) is 12.9. The molecule has 0 radical (unpaired) electrons. The van der Waals surface area contributed by atoms with Crippen molar-refractivity contribution in [2.75, 3.05) is 5.32 Å². The number of carbonyl (C=O) groups is 1. The highest BCUT2D eigenvalue weighted by atomic mass is 16.1. The molecule has 1 N–H and O–H groups in total. The highest BCUT2D eigenvalue weighted by Gasteiger charge is 2.19. The SMILES string of the molecule is Cc1nc2c(n1CC(=O)Nc1ccccc1)CCCC2. The number of rotatable bonds is 3. The number of amides is 1. The van der Waals surface area contributed by atoms with Crippen molar-refractivity contribution in [2.45, 2.75) is 39.2 Å². The fraction of sp³-hybridized carbons (Fsp3) is 0.375. The van der Waals surface area contributed by atoms with Crippen LogP contribution in [0, 0.1) is 6.92 Å². The van der Waals surface area contributed by atoms with Crippen LogP contribution in [0.1, 0.15) is 30.1 Å². The maximum atomic E-state index is 12.2. The van der Waals surface area contributed by atoms with Gasteiger partial charge in [0.05, 0.1) is 5.69 Å². The third-order valence-electron chi connectivity index (χ3n) is 3.78. The van der Waals surface area contributed by atoms with E-state index < -0.39 is 0 Å². The number of anilines is 1. The van der Waals surface area contributed by atoms with Gasteiger partial charge in [0.1, 0.15) is 12.4 Å². The van der Waals surface area contributed by atoms with Crippen molar-refractivity contribution in [3.05, 3.63) is 47.5 Å². The molecular formula is C16H19N3O. The van der Waals surface area contributed by atoms with Crippen molar-refractivity contribution < 1.29 is 4.79 Å². The summed E-state index contributed by atoms with van der Waals surface area (Å²) >= 11 is 0. The van der Waals surface area contributed by atoms with E-state index in [4.69, 9.17) is 0 Å². The predicted octanol–water partition coefficient (Wildman–Crippen LogP) is 2.71. The molecule has 2 aromatic rings. The Morgan fingerprint density at radius 2 is 2.00 bits per heavy atom. The topological polar surface area (TPSA) is 46.9 Å². The highest BCUT2D eigenvalue weighted by Crippen LogP contribution is 2.22. The van der Waals surface area contributed by atoms with Crippen molar-refractivity contribution in [3.63, 3.8) is 0 Å². The largest absolute Gasteiger partial charge is 0.325 e. The third-order valence-corrected chi connectivity index (χ3v) is 3.78. The van der Waals surface area contributed by atoms with Crippen LogP contribution in [0.5, 0.6) is 0 Å². The number of benzene rings is 1. The molecule has 4 nitrogen and oxygen atoms in total. The molecule has 1 aromatic carbocycles. The summed E-state index contributed by atoms with van der Waals surface area (Å²) in [6.45, 7) is 2.33. The van der Waals surface area contributed by atoms with Gasteiger partial charge in [-0.1, -0.05) is 18.2 Å². The molecule has 0 spiro atoms. The smallest absolute Gasteiger partial charge is 0.244 e. The average Bonchev–Trinajstić information content (AvgIpc) is 2.76. The van der Waals surface area contributed by atoms with Gasteiger partial charge in [0.15, 0.2) is 0 Å².